The number of amides is 2. The van der Waals surface area contributed by atoms with Crippen LogP contribution in [0.2, 0.25) is 0 Å². The number of rotatable bonds is 4. The number of nitrogens with zero attached hydrogens (tertiary/aromatic N) is 2. The highest BCUT2D eigenvalue weighted by atomic mass is 32.2. The van der Waals surface area contributed by atoms with Crippen LogP contribution >= 0.6 is 11.8 Å². The van der Waals surface area contributed by atoms with Crippen molar-refractivity contribution in [2.75, 3.05) is 25.2 Å². The van der Waals surface area contributed by atoms with Gasteiger partial charge in [-0.15, -0.1) is 11.8 Å². The zero-order chi connectivity index (χ0) is 17.5. The molecule has 2 aliphatic heterocycles. The first kappa shape index (κ1) is 17.3. The molecule has 5 nitrogen and oxygen atoms in total. The third-order valence-electron chi connectivity index (χ3n) is 4.75. The maximum absolute atomic E-state index is 12.8. The molecule has 2 saturated heterocycles. The first-order chi connectivity index (χ1) is 11.3. The van der Waals surface area contributed by atoms with Gasteiger partial charge < -0.3 is 15.1 Å². The van der Waals surface area contributed by atoms with E-state index in [1.165, 1.54) is 5.56 Å². The number of benzene rings is 1. The second-order valence-corrected chi connectivity index (χ2v) is 8.65. The maximum Gasteiger partial charge on any atom is 0.248 e. The molecule has 0 bridgehead atoms. The summed E-state index contributed by atoms with van der Waals surface area (Å²) in [4.78, 5) is 28.7. The molecule has 2 amide bonds. The van der Waals surface area contributed by atoms with Gasteiger partial charge in [0, 0.05) is 24.4 Å². The van der Waals surface area contributed by atoms with E-state index in [4.69, 9.17) is 0 Å². The lowest BCUT2D eigenvalue weighted by molar-refractivity contribution is -0.135. The van der Waals surface area contributed by atoms with Gasteiger partial charge in [-0.1, -0.05) is 17.7 Å². The van der Waals surface area contributed by atoms with E-state index in [1.807, 2.05) is 33.2 Å². The largest absolute Gasteiger partial charge is 0.324 e. The molecule has 130 valence electrons. The predicted octanol–water partition coefficient (Wildman–Crippen LogP) is 2.45. The second-order valence-electron chi connectivity index (χ2n) is 7.15. The Balaban J connectivity index is 1.79. The number of fused-ring (bicyclic) bond motifs is 1. The van der Waals surface area contributed by atoms with E-state index >= 15 is 0 Å². The van der Waals surface area contributed by atoms with Crippen molar-refractivity contribution in [2.45, 2.75) is 44.1 Å². The van der Waals surface area contributed by atoms with Crippen molar-refractivity contribution in [3.63, 3.8) is 0 Å². The quantitative estimate of drug-likeness (QED) is 0.909. The number of carbonyl (C=O) groups excluding carboxylic acids is 2. The molecule has 24 heavy (non-hydrogen) atoms. The maximum atomic E-state index is 12.8. The Hall–Kier alpha value is -1.53. The van der Waals surface area contributed by atoms with Crippen molar-refractivity contribution in [3.05, 3.63) is 29.3 Å². The minimum atomic E-state index is -0.372. The van der Waals surface area contributed by atoms with Crippen molar-refractivity contribution in [3.8, 4) is 0 Å². The first-order valence-corrected chi connectivity index (χ1v) is 9.30. The standard InChI is InChI=1S/C18H25N3O2S/c1-12-5-6-14(13(9-12)10-20(3)4)19-17(23)15-11-24-18(2)8-7-16(22)21(15)18/h5-6,9,15H,7-8,10-11H2,1-4H3,(H,19,23)/t15-,18-/m0/s1. The van der Waals surface area contributed by atoms with Crippen molar-refractivity contribution >= 4 is 29.3 Å². The third-order valence-corrected chi connectivity index (χ3v) is 6.26. The molecular formula is C18H25N3O2S. The fourth-order valence-electron chi connectivity index (χ4n) is 3.55. The minimum Gasteiger partial charge on any atom is -0.324 e. The normalized spacial score (nSPS) is 26.1. The minimum absolute atomic E-state index is 0.0784. The van der Waals surface area contributed by atoms with E-state index in [9.17, 15) is 9.59 Å². The summed E-state index contributed by atoms with van der Waals surface area (Å²) in [6.45, 7) is 4.88. The molecule has 0 unspecified atom stereocenters. The molecule has 0 aromatic heterocycles. The zero-order valence-corrected chi connectivity index (χ0v) is 15.6. The van der Waals surface area contributed by atoms with Crippen LogP contribution in [0.5, 0.6) is 0 Å². The van der Waals surface area contributed by atoms with Crippen LogP contribution in [0.15, 0.2) is 18.2 Å². The first-order valence-electron chi connectivity index (χ1n) is 8.31. The number of aryl methyl sites for hydroxylation is 1. The topological polar surface area (TPSA) is 52.7 Å². The summed E-state index contributed by atoms with van der Waals surface area (Å²) in [6, 6.07) is 5.69. The Kier molecular flexibility index (Phi) is 4.62. The van der Waals surface area contributed by atoms with Crippen LogP contribution in [0, 0.1) is 6.92 Å². The van der Waals surface area contributed by atoms with E-state index < -0.39 is 0 Å². The molecule has 1 aromatic carbocycles. The van der Waals surface area contributed by atoms with Crippen LogP contribution in [0.3, 0.4) is 0 Å². The molecule has 6 heteroatoms. The van der Waals surface area contributed by atoms with Crippen molar-refractivity contribution in [1.82, 2.24) is 9.80 Å². The summed E-state index contributed by atoms with van der Waals surface area (Å²) in [5, 5.41) is 3.06. The van der Waals surface area contributed by atoms with Gasteiger partial charge in [0.2, 0.25) is 11.8 Å². The SMILES string of the molecule is Cc1ccc(NC(=O)[C@@H]2CS[C@@]3(C)CCC(=O)N23)c(CN(C)C)c1. The average molecular weight is 347 g/mol. The van der Waals surface area contributed by atoms with Crippen LogP contribution < -0.4 is 5.32 Å². The lowest BCUT2D eigenvalue weighted by Crippen LogP contribution is -2.48. The van der Waals surface area contributed by atoms with Gasteiger partial charge in [-0.3, -0.25) is 9.59 Å². The Morgan fingerprint density at radius 1 is 1.46 bits per heavy atom. The molecule has 0 radical (unpaired) electrons. The van der Waals surface area contributed by atoms with Gasteiger partial charge in [0.1, 0.15) is 6.04 Å². The zero-order valence-electron chi connectivity index (χ0n) is 14.8. The highest BCUT2D eigenvalue weighted by molar-refractivity contribution is 8.01. The molecule has 0 spiro atoms. The summed E-state index contributed by atoms with van der Waals surface area (Å²) in [7, 11) is 4.02. The van der Waals surface area contributed by atoms with Crippen LogP contribution in [0.25, 0.3) is 0 Å². The fraction of sp³-hybridized carbons (Fsp3) is 0.556. The molecule has 2 aliphatic rings. The molecule has 2 fully saturated rings. The summed E-state index contributed by atoms with van der Waals surface area (Å²) >= 11 is 1.72. The van der Waals surface area contributed by atoms with Gasteiger partial charge in [-0.25, -0.2) is 0 Å². The van der Waals surface area contributed by atoms with E-state index in [-0.39, 0.29) is 22.7 Å². The van der Waals surface area contributed by atoms with Crippen LogP contribution in [-0.4, -0.2) is 52.4 Å². The van der Waals surface area contributed by atoms with Gasteiger partial charge in [0.25, 0.3) is 0 Å². The lowest BCUT2D eigenvalue weighted by atomic mass is 10.1. The molecule has 3 rings (SSSR count). The Morgan fingerprint density at radius 2 is 2.21 bits per heavy atom. The number of hydrogen-bond acceptors (Lipinski definition) is 4. The molecule has 0 saturated carbocycles. The van der Waals surface area contributed by atoms with E-state index in [0.29, 0.717) is 12.2 Å². The average Bonchev–Trinajstić information content (AvgIpc) is 2.98. The summed E-state index contributed by atoms with van der Waals surface area (Å²) in [5.41, 5.74) is 3.10. The third kappa shape index (κ3) is 3.17. The van der Waals surface area contributed by atoms with Crippen molar-refractivity contribution in [2.24, 2.45) is 0 Å². The predicted molar refractivity (Wildman–Crippen MR) is 97.9 cm³/mol. The highest BCUT2D eigenvalue weighted by Crippen LogP contribution is 2.47. The molecule has 1 N–H and O–H groups in total. The molecular weight excluding hydrogens is 322 g/mol. The number of thioether (sulfide) groups is 1. The highest BCUT2D eigenvalue weighted by Gasteiger charge is 2.52. The van der Waals surface area contributed by atoms with Crippen LogP contribution in [-0.2, 0) is 16.1 Å². The molecule has 2 heterocycles. The van der Waals surface area contributed by atoms with Gasteiger partial charge >= 0.3 is 0 Å². The van der Waals surface area contributed by atoms with Crippen molar-refractivity contribution < 1.29 is 9.59 Å². The van der Waals surface area contributed by atoms with E-state index in [0.717, 1.165) is 24.2 Å². The number of carbonyl (C=O) groups is 2. The number of anilines is 1. The summed E-state index contributed by atoms with van der Waals surface area (Å²) in [6.07, 6.45) is 1.38. The molecule has 1 aromatic rings. The van der Waals surface area contributed by atoms with Gasteiger partial charge in [-0.05, 0) is 46.0 Å². The van der Waals surface area contributed by atoms with Gasteiger partial charge in [0.15, 0.2) is 0 Å². The van der Waals surface area contributed by atoms with E-state index in [1.54, 1.807) is 16.7 Å². The monoisotopic (exact) mass is 347 g/mol. The molecule has 2 atom stereocenters. The number of hydrogen-bond donors (Lipinski definition) is 1. The summed E-state index contributed by atoms with van der Waals surface area (Å²) < 4.78 is 0. The smallest absolute Gasteiger partial charge is 0.248 e. The van der Waals surface area contributed by atoms with Gasteiger partial charge in [-0.2, -0.15) is 0 Å². The van der Waals surface area contributed by atoms with Crippen molar-refractivity contribution in [1.29, 1.82) is 0 Å². The van der Waals surface area contributed by atoms with E-state index in [2.05, 4.69) is 23.2 Å². The van der Waals surface area contributed by atoms with Gasteiger partial charge in [0.05, 0.1) is 4.87 Å². The Labute approximate surface area is 147 Å². The number of nitrogens with one attached hydrogen (secondary N) is 1. The Bertz CT molecular complexity index is 676. The summed E-state index contributed by atoms with van der Waals surface area (Å²) in [5.74, 6) is 0.688. The molecule has 0 aliphatic carbocycles. The Morgan fingerprint density at radius 3 is 2.92 bits per heavy atom. The van der Waals surface area contributed by atoms with Crippen LogP contribution in [0.4, 0.5) is 5.69 Å². The fourth-order valence-corrected chi connectivity index (χ4v) is 4.98. The lowest BCUT2D eigenvalue weighted by Gasteiger charge is -2.30. The van der Waals surface area contributed by atoms with Crippen LogP contribution in [0.1, 0.15) is 30.9 Å². The second kappa shape index (κ2) is 6.41.